The van der Waals surface area contributed by atoms with E-state index < -0.39 is 6.10 Å². The molecular weight excluding hydrogens is 260 g/mol. The molecule has 2 rings (SSSR count). The SMILES string of the molecule is CC(C)c1nn(C)c(Cl)c1C(O)CC1CCCCC1. The third kappa shape index (κ3) is 3.32. The van der Waals surface area contributed by atoms with Crippen LogP contribution in [-0.2, 0) is 7.05 Å². The lowest BCUT2D eigenvalue weighted by atomic mass is 9.84. The van der Waals surface area contributed by atoms with E-state index in [0.717, 1.165) is 17.7 Å². The molecule has 0 amide bonds. The lowest BCUT2D eigenvalue weighted by Gasteiger charge is -2.24. The average molecular weight is 285 g/mol. The largest absolute Gasteiger partial charge is 0.388 e. The van der Waals surface area contributed by atoms with E-state index in [1.165, 1.54) is 32.1 Å². The fourth-order valence-corrected chi connectivity index (χ4v) is 3.39. The molecule has 0 aromatic carbocycles. The molecule has 4 heteroatoms. The molecule has 0 radical (unpaired) electrons. The van der Waals surface area contributed by atoms with Gasteiger partial charge >= 0.3 is 0 Å². The van der Waals surface area contributed by atoms with Gasteiger partial charge in [-0.25, -0.2) is 0 Å². The zero-order chi connectivity index (χ0) is 14.0. The molecular formula is C15H25ClN2O. The molecule has 1 fully saturated rings. The van der Waals surface area contributed by atoms with Crippen molar-refractivity contribution in [2.24, 2.45) is 13.0 Å². The molecule has 3 nitrogen and oxygen atoms in total. The van der Waals surface area contributed by atoms with Crippen molar-refractivity contribution in [2.45, 2.75) is 64.4 Å². The number of nitrogens with zero attached hydrogens (tertiary/aromatic N) is 2. The van der Waals surface area contributed by atoms with Crippen molar-refractivity contribution >= 4 is 11.6 Å². The van der Waals surface area contributed by atoms with E-state index in [1.54, 1.807) is 4.68 Å². The summed E-state index contributed by atoms with van der Waals surface area (Å²) in [6.45, 7) is 4.19. The Kier molecular flexibility index (Phi) is 4.91. The van der Waals surface area contributed by atoms with Crippen molar-refractivity contribution in [3.05, 3.63) is 16.4 Å². The summed E-state index contributed by atoms with van der Waals surface area (Å²) in [6, 6.07) is 0. The van der Waals surface area contributed by atoms with Crippen LogP contribution in [0.15, 0.2) is 0 Å². The number of aryl methyl sites for hydroxylation is 1. The lowest BCUT2D eigenvalue weighted by Crippen LogP contribution is -2.12. The second-order valence-corrected chi connectivity index (χ2v) is 6.48. The second-order valence-electron chi connectivity index (χ2n) is 6.12. The maximum absolute atomic E-state index is 10.6. The predicted octanol–water partition coefficient (Wildman–Crippen LogP) is 4.20. The standard InChI is InChI=1S/C15H25ClN2O/c1-10(2)14-13(15(16)18(3)17-14)12(19)9-11-7-5-4-6-8-11/h10-12,19H,4-9H2,1-3H3. The van der Waals surface area contributed by atoms with Crippen molar-refractivity contribution in [3.8, 4) is 0 Å². The van der Waals surface area contributed by atoms with Crippen LogP contribution in [0.25, 0.3) is 0 Å². The molecule has 1 N–H and O–H groups in total. The first kappa shape index (κ1) is 14.9. The Labute approximate surface area is 121 Å². The van der Waals surface area contributed by atoms with Crippen molar-refractivity contribution in [1.82, 2.24) is 9.78 Å². The molecule has 1 saturated carbocycles. The van der Waals surface area contributed by atoms with Gasteiger partial charge in [0.05, 0.1) is 11.8 Å². The number of hydrogen-bond acceptors (Lipinski definition) is 2. The minimum absolute atomic E-state index is 0.287. The molecule has 1 heterocycles. The highest BCUT2D eigenvalue weighted by atomic mass is 35.5. The van der Waals surface area contributed by atoms with E-state index in [4.69, 9.17) is 11.6 Å². The molecule has 1 aromatic heterocycles. The summed E-state index contributed by atoms with van der Waals surface area (Å²) in [5.41, 5.74) is 1.79. The van der Waals surface area contributed by atoms with Crippen molar-refractivity contribution in [3.63, 3.8) is 0 Å². The van der Waals surface area contributed by atoms with Crippen LogP contribution in [-0.4, -0.2) is 14.9 Å². The van der Waals surface area contributed by atoms with Crippen LogP contribution < -0.4 is 0 Å². The zero-order valence-corrected chi connectivity index (χ0v) is 13.0. The van der Waals surface area contributed by atoms with Gasteiger partial charge in [0.1, 0.15) is 5.15 Å². The fourth-order valence-electron chi connectivity index (χ4n) is 3.13. The Bertz CT molecular complexity index is 422. The summed E-state index contributed by atoms with van der Waals surface area (Å²) >= 11 is 6.31. The average Bonchev–Trinajstić information content (AvgIpc) is 2.67. The van der Waals surface area contributed by atoms with E-state index in [-0.39, 0.29) is 5.92 Å². The van der Waals surface area contributed by atoms with Crippen molar-refractivity contribution in [1.29, 1.82) is 0 Å². The fraction of sp³-hybridized carbons (Fsp3) is 0.800. The molecule has 0 spiro atoms. The van der Waals surface area contributed by atoms with Gasteiger partial charge < -0.3 is 5.11 Å². The molecule has 1 aromatic rings. The van der Waals surface area contributed by atoms with Crippen LogP contribution >= 0.6 is 11.6 Å². The Morgan fingerprint density at radius 2 is 1.95 bits per heavy atom. The third-order valence-corrected chi connectivity index (χ3v) is 4.65. The highest BCUT2D eigenvalue weighted by Gasteiger charge is 2.26. The Hall–Kier alpha value is -0.540. The molecule has 0 bridgehead atoms. The van der Waals surface area contributed by atoms with Crippen molar-refractivity contribution in [2.75, 3.05) is 0 Å². The van der Waals surface area contributed by atoms with Crippen LogP contribution in [0.4, 0.5) is 0 Å². The van der Waals surface area contributed by atoms with Crippen LogP contribution in [0.3, 0.4) is 0 Å². The number of halogens is 1. The molecule has 1 aliphatic rings. The molecule has 19 heavy (non-hydrogen) atoms. The van der Waals surface area contributed by atoms with Crippen LogP contribution in [0, 0.1) is 5.92 Å². The zero-order valence-electron chi connectivity index (χ0n) is 12.2. The Morgan fingerprint density at radius 1 is 1.32 bits per heavy atom. The predicted molar refractivity (Wildman–Crippen MR) is 78.5 cm³/mol. The van der Waals surface area contributed by atoms with Gasteiger partial charge in [-0.15, -0.1) is 0 Å². The van der Waals surface area contributed by atoms with E-state index in [9.17, 15) is 5.11 Å². The molecule has 0 saturated heterocycles. The first-order valence-electron chi connectivity index (χ1n) is 7.41. The Balaban J connectivity index is 2.15. The van der Waals surface area contributed by atoms with Gasteiger partial charge in [-0.1, -0.05) is 57.6 Å². The van der Waals surface area contributed by atoms with E-state index in [1.807, 2.05) is 7.05 Å². The van der Waals surface area contributed by atoms with Gasteiger partial charge in [-0.2, -0.15) is 5.10 Å². The highest BCUT2D eigenvalue weighted by molar-refractivity contribution is 6.30. The summed E-state index contributed by atoms with van der Waals surface area (Å²) in [5.74, 6) is 0.926. The monoisotopic (exact) mass is 284 g/mol. The lowest BCUT2D eigenvalue weighted by molar-refractivity contribution is 0.130. The Morgan fingerprint density at radius 3 is 2.53 bits per heavy atom. The first-order valence-corrected chi connectivity index (χ1v) is 7.78. The van der Waals surface area contributed by atoms with Crippen molar-refractivity contribution < 1.29 is 5.11 Å². The summed E-state index contributed by atoms with van der Waals surface area (Å²) in [6.07, 6.45) is 6.78. The van der Waals surface area contributed by atoms with Gasteiger partial charge in [0.15, 0.2) is 0 Å². The second kappa shape index (κ2) is 6.27. The van der Waals surface area contributed by atoms with Crippen LogP contribution in [0.1, 0.15) is 75.7 Å². The van der Waals surface area contributed by atoms with E-state index in [2.05, 4.69) is 18.9 Å². The van der Waals surface area contributed by atoms with Gasteiger partial charge in [-0.3, -0.25) is 4.68 Å². The maximum atomic E-state index is 10.6. The molecule has 1 atom stereocenters. The highest BCUT2D eigenvalue weighted by Crippen LogP contribution is 2.37. The van der Waals surface area contributed by atoms with E-state index in [0.29, 0.717) is 11.1 Å². The van der Waals surface area contributed by atoms with Gasteiger partial charge in [-0.05, 0) is 18.3 Å². The summed E-state index contributed by atoms with van der Waals surface area (Å²) in [4.78, 5) is 0. The van der Waals surface area contributed by atoms with Crippen LogP contribution in [0.5, 0.6) is 0 Å². The topological polar surface area (TPSA) is 38.0 Å². The molecule has 108 valence electrons. The maximum Gasteiger partial charge on any atom is 0.132 e. The summed E-state index contributed by atoms with van der Waals surface area (Å²) < 4.78 is 1.68. The summed E-state index contributed by atoms with van der Waals surface area (Å²) in [5, 5.41) is 15.6. The molecule has 1 aliphatic carbocycles. The molecule has 1 unspecified atom stereocenters. The number of aliphatic hydroxyl groups is 1. The van der Waals surface area contributed by atoms with Crippen LogP contribution in [0.2, 0.25) is 5.15 Å². The summed E-state index contributed by atoms with van der Waals surface area (Å²) in [7, 11) is 1.84. The number of aromatic nitrogens is 2. The molecule has 0 aliphatic heterocycles. The van der Waals surface area contributed by atoms with Gasteiger partial charge in [0, 0.05) is 12.6 Å². The third-order valence-electron chi connectivity index (χ3n) is 4.20. The minimum Gasteiger partial charge on any atom is -0.388 e. The van der Waals surface area contributed by atoms with Gasteiger partial charge in [0.25, 0.3) is 0 Å². The normalized spacial score (nSPS) is 19.1. The van der Waals surface area contributed by atoms with Gasteiger partial charge in [0.2, 0.25) is 0 Å². The quantitative estimate of drug-likeness (QED) is 0.900. The minimum atomic E-state index is -0.471. The number of hydrogen-bond donors (Lipinski definition) is 1. The van der Waals surface area contributed by atoms with E-state index >= 15 is 0 Å². The number of rotatable bonds is 4. The smallest absolute Gasteiger partial charge is 0.132 e. The number of aliphatic hydroxyl groups excluding tert-OH is 1. The first-order chi connectivity index (χ1) is 9.00.